The maximum absolute atomic E-state index is 4.83. The quantitative estimate of drug-likeness (QED) is 0.664. The minimum atomic E-state index is 0.834. The third kappa shape index (κ3) is 3.81. The molecule has 0 atom stereocenters. The molecule has 0 N–H and O–H groups in total. The predicted molar refractivity (Wildman–Crippen MR) is 109 cm³/mol. The van der Waals surface area contributed by atoms with E-state index in [1.165, 1.54) is 47.6 Å². The minimum absolute atomic E-state index is 0.834. The summed E-state index contributed by atoms with van der Waals surface area (Å²) in [5, 5.41) is 2.34. The monoisotopic (exact) mass is 376 g/mol. The molecule has 0 unspecified atom stereocenters. The summed E-state index contributed by atoms with van der Waals surface area (Å²) in [6.45, 7) is 6.50. The molecule has 2 aliphatic heterocycles. The first-order valence-electron chi connectivity index (χ1n) is 9.75. The zero-order valence-electron chi connectivity index (χ0n) is 15.5. The topological polar surface area (TPSA) is 32.3 Å². The van der Waals surface area contributed by atoms with Crippen LogP contribution in [0.3, 0.4) is 0 Å². The Morgan fingerprint density at radius 1 is 0.963 bits per heavy atom. The SMILES string of the molecule is c1ccc(-c2ncc3c(n2)CN(Cc2cc(CN4CCCC4)cs2)C3)cc1. The highest BCUT2D eigenvalue weighted by atomic mass is 32.1. The maximum atomic E-state index is 4.83. The molecular weight excluding hydrogens is 352 g/mol. The summed E-state index contributed by atoms with van der Waals surface area (Å²) >= 11 is 1.89. The van der Waals surface area contributed by atoms with Gasteiger partial charge in [0.2, 0.25) is 0 Å². The molecule has 138 valence electrons. The van der Waals surface area contributed by atoms with Crippen molar-refractivity contribution in [3.8, 4) is 11.4 Å². The highest BCUT2D eigenvalue weighted by Crippen LogP contribution is 2.27. The Hall–Kier alpha value is -2.08. The van der Waals surface area contributed by atoms with Gasteiger partial charge in [0.15, 0.2) is 5.82 Å². The van der Waals surface area contributed by atoms with Gasteiger partial charge in [-0.05, 0) is 42.9 Å². The van der Waals surface area contributed by atoms with Crippen LogP contribution in [0.4, 0.5) is 0 Å². The minimum Gasteiger partial charge on any atom is -0.299 e. The number of fused-ring (bicyclic) bond motifs is 1. The molecular formula is C22H24N4S. The van der Waals surface area contributed by atoms with E-state index in [0.717, 1.165) is 37.6 Å². The van der Waals surface area contributed by atoms with Gasteiger partial charge in [-0.1, -0.05) is 30.3 Å². The molecule has 4 heterocycles. The smallest absolute Gasteiger partial charge is 0.159 e. The molecule has 3 aromatic rings. The summed E-state index contributed by atoms with van der Waals surface area (Å²) in [6.07, 6.45) is 4.72. The maximum Gasteiger partial charge on any atom is 0.159 e. The van der Waals surface area contributed by atoms with Gasteiger partial charge in [0.1, 0.15) is 0 Å². The van der Waals surface area contributed by atoms with E-state index in [-0.39, 0.29) is 0 Å². The number of nitrogens with zero attached hydrogens (tertiary/aromatic N) is 4. The first-order valence-corrected chi connectivity index (χ1v) is 10.6. The van der Waals surface area contributed by atoms with E-state index in [0.29, 0.717) is 0 Å². The second-order valence-corrected chi connectivity index (χ2v) is 8.58. The van der Waals surface area contributed by atoms with Crippen molar-refractivity contribution in [1.82, 2.24) is 19.8 Å². The second-order valence-electron chi connectivity index (χ2n) is 7.58. The van der Waals surface area contributed by atoms with Crippen LogP contribution >= 0.6 is 11.3 Å². The molecule has 27 heavy (non-hydrogen) atoms. The first-order chi connectivity index (χ1) is 13.3. The Morgan fingerprint density at radius 2 is 1.81 bits per heavy atom. The van der Waals surface area contributed by atoms with Crippen molar-refractivity contribution >= 4 is 11.3 Å². The van der Waals surface area contributed by atoms with E-state index in [1.54, 1.807) is 0 Å². The second kappa shape index (κ2) is 7.50. The summed E-state index contributed by atoms with van der Waals surface area (Å²) in [6, 6.07) is 12.6. The molecule has 0 amide bonds. The molecule has 0 spiro atoms. The van der Waals surface area contributed by atoms with E-state index < -0.39 is 0 Å². The van der Waals surface area contributed by atoms with Crippen molar-refractivity contribution in [3.63, 3.8) is 0 Å². The molecule has 2 aromatic heterocycles. The Balaban J connectivity index is 1.24. The van der Waals surface area contributed by atoms with Crippen LogP contribution in [0.2, 0.25) is 0 Å². The van der Waals surface area contributed by atoms with Crippen LogP contribution in [0.5, 0.6) is 0 Å². The van der Waals surface area contributed by atoms with Gasteiger partial charge in [-0.2, -0.15) is 0 Å². The zero-order valence-corrected chi connectivity index (χ0v) is 16.3. The van der Waals surface area contributed by atoms with Crippen molar-refractivity contribution in [2.45, 2.75) is 39.0 Å². The molecule has 1 saturated heterocycles. The van der Waals surface area contributed by atoms with Gasteiger partial charge in [0.25, 0.3) is 0 Å². The fraction of sp³-hybridized carbons (Fsp3) is 0.364. The predicted octanol–water partition coefficient (Wildman–Crippen LogP) is 4.32. The lowest BCUT2D eigenvalue weighted by Crippen LogP contribution is -2.18. The van der Waals surface area contributed by atoms with Crippen molar-refractivity contribution in [2.75, 3.05) is 13.1 Å². The lowest BCUT2D eigenvalue weighted by Gasteiger charge is -2.13. The molecule has 0 radical (unpaired) electrons. The number of rotatable bonds is 5. The number of aromatic nitrogens is 2. The molecule has 2 aliphatic rings. The fourth-order valence-corrected chi connectivity index (χ4v) is 4.99. The average Bonchev–Trinajstić information content (AvgIpc) is 3.44. The van der Waals surface area contributed by atoms with Crippen molar-refractivity contribution in [2.24, 2.45) is 0 Å². The van der Waals surface area contributed by atoms with Crippen LogP contribution in [-0.2, 0) is 26.2 Å². The van der Waals surface area contributed by atoms with Crippen LogP contribution in [0, 0.1) is 0 Å². The fourth-order valence-electron chi connectivity index (χ4n) is 4.07. The third-order valence-corrected chi connectivity index (χ3v) is 6.42. The van der Waals surface area contributed by atoms with Gasteiger partial charge in [-0.15, -0.1) is 11.3 Å². The summed E-state index contributed by atoms with van der Waals surface area (Å²) < 4.78 is 0. The number of hydrogen-bond acceptors (Lipinski definition) is 5. The van der Waals surface area contributed by atoms with E-state index in [9.17, 15) is 0 Å². The highest BCUT2D eigenvalue weighted by molar-refractivity contribution is 7.10. The number of benzene rings is 1. The largest absolute Gasteiger partial charge is 0.299 e. The van der Waals surface area contributed by atoms with Crippen LogP contribution in [0.15, 0.2) is 48.0 Å². The van der Waals surface area contributed by atoms with Crippen LogP contribution in [0.1, 0.15) is 34.5 Å². The van der Waals surface area contributed by atoms with Gasteiger partial charge in [-0.3, -0.25) is 9.80 Å². The Labute approximate surface area is 164 Å². The Bertz CT molecular complexity index is 915. The van der Waals surface area contributed by atoms with E-state index >= 15 is 0 Å². The summed E-state index contributed by atoms with van der Waals surface area (Å²) in [5.74, 6) is 0.834. The van der Waals surface area contributed by atoms with E-state index in [4.69, 9.17) is 4.98 Å². The zero-order chi connectivity index (χ0) is 18.1. The van der Waals surface area contributed by atoms with Gasteiger partial charge < -0.3 is 0 Å². The van der Waals surface area contributed by atoms with E-state index in [1.807, 2.05) is 35.7 Å². The van der Waals surface area contributed by atoms with Crippen molar-refractivity contribution < 1.29 is 0 Å². The lowest BCUT2D eigenvalue weighted by atomic mass is 10.2. The lowest BCUT2D eigenvalue weighted by molar-refractivity contribution is 0.276. The summed E-state index contributed by atoms with van der Waals surface area (Å²) in [4.78, 5) is 15.9. The van der Waals surface area contributed by atoms with Crippen LogP contribution < -0.4 is 0 Å². The molecule has 5 rings (SSSR count). The van der Waals surface area contributed by atoms with Gasteiger partial charge in [-0.25, -0.2) is 9.97 Å². The van der Waals surface area contributed by atoms with Crippen molar-refractivity contribution in [1.29, 1.82) is 0 Å². The molecule has 4 nitrogen and oxygen atoms in total. The molecule has 1 fully saturated rings. The molecule has 0 aliphatic carbocycles. The number of thiophene rings is 1. The third-order valence-electron chi connectivity index (χ3n) is 5.45. The van der Waals surface area contributed by atoms with Gasteiger partial charge >= 0.3 is 0 Å². The van der Waals surface area contributed by atoms with E-state index in [2.05, 4.69) is 38.4 Å². The molecule has 5 heteroatoms. The van der Waals surface area contributed by atoms with Gasteiger partial charge in [0.05, 0.1) is 5.69 Å². The Morgan fingerprint density at radius 3 is 2.67 bits per heavy atom. The summed E-state index contributed by atoms with van der Waals surface area (Å²) in [7, 11) is 0. The van der Waals surface area contributed by atoms with Gasteiger partial charge in [0, 0.05) is 48.4 Å². The summed E-state index contributed by atoms with van der Waals surface area (Å²) in [5.41, 5.74) is 5.00. The van der Waals surface area contributed by atoms with Crippen LogP contribution in [-0.4, -0.2) is 32.9 Å². The first kappa shape index (κ1) is 17.0. The Kier molecular flexibility index (Phi) is 4.74. The number of hydrogen-bond donors (Lipinski definition) is 0. The highest BCUT2D eigenvalue weighted by Gasteiger charge is 2.22. The number of likely N-dealkylation sites (tertiary alicyclic amines) is 1. The standard InChI is InChI=1S/C22H24N4S/c1-2-6-18(7-3-1)22-23-11-19-13-26(15-21(19)24-22)14-20-10-17(16-27-20)12-25-8-4-5-9-25/h1-3,6-7,10-11,16H,4-5,8-9,12-15H2. The molecule has 0 saturated carbocycles. The van der Waals surface area contributed by atoms with Crippen LogP contribution in [0.25, 0.3) is 11.4 Å². The normalized spacial score (nSPS) is 17.5. The van der Waals surface area contributed by atoms with Crippen molar-refractivity contribution in [3.05, 3.63) is 69.7 Å². The molecule has 1 aromatic carbocycles. The molecule has 0 bridgehead atoms. The average molecular weight is 377 g/mol.